The van der Waals surface area contributed by atoms with E-state index in [1.165, 1.54) is 0 Å². The molecule has 0 saturated carbocycles. The first-order valence-electron chi connectivity index (χ1n) is 0. The second-order valence-corrected chi connectivity index (χ2v) is 0. The van der Waals surface area contributed by atoms with Crippen LogP contribution in [0.2, 0.25) is 0 Å². The van der Waals surface area contributed by atoms with Crippen molar-refractivity contribution in [1.29, 1.82) is 0 Å². The van der Waals surface area contributed by atoms with Crippen molar-refractivity contribution in [2.75, 3.05) is 0 Å². The zero-order valence-electron chi connectivity index (χ0n) is 4.84. The molecular weight excluding hydrogens is 277 g/mol. The fourth-order valence-electron chi connectivity index (χ4n) is 0. The number of hydrogen-bond donors (Lipinski definition) is 0. The molecule has 0 rings (SSSR count). The van der Waals surface area contributed by atoms with Crippen LogP contribution in [0.25, 0.3) is 0 Å². The maximum atomic E-state index is 0. The van der Waals surface area contributed by atoms with Crippen LogP contribution in [0, 0.1) is 0 Å². The van der Waals surface area contributed by atoms with Crippen LogP contribution in [0.1, 0.15) is 2.85 Å². The van der Waals surface area contributed by atoms with Gasteiger partial charge in [-0.3, -0.25) is 0 Å². The van der Waals surface area contributed by atoms with Crippen molar-refractivity contribution in [3.63, 3.8) is 0 Å². The van der Waals surface area contributed by atoms with E-state index in [4.69, 9.17) is 0 Å². The zero-order valence-corrected chi connectivity index (χ0v) is 11.1. The smallest absolute Gasteiger partial charge is 1.00 e. The van der Waals surface area contributed by atoms with Crippen molar-refractivity contribution in [2.45, 2.75) is 0 Å². The van der Waals surface area contributed by atoms with E-state index in [-0.39, 0.29) is 120 Å². The molecule has 0 bridgehead atoms. The Bertz CT molecular complexity index is 14.0. The molecule has 0 amide bonds. The second kappa shape index (κ2) is 40.2. The molecule has 0 aromatic heterocycles. The van der Waals surface area contributed by atoms with Crippen LogP contribution < -0.4 is 0 Å². The van der Waals surface area contributed by atoms with Gasteiger partial charge >= 0.3 is 45.5 Å². The van der Waals surface area contributed by atoms with E-state index >= 15 is 0 Å². The van der Waals surface area contributed by atoms with Crippen LogP contribution in [0.5, 0.6) is 0 Å². The topological polar surface area (TPSA) is 0 Å². The molecule has 40 valence electrons. The maximum absolute atomic E-state index is 0. The van der Waals surface area contributed by atoms with E-state index in [9.17, 15) is 0 Å². The molecule has 0 aromatic rings. The largest absolute Gasteiger partial charge is 2.00 e. The fourth-order valence-corrected chi connectivity index (χ4v) is 0. The summed E-state index contributed by atoms with van der Waals surface area (Å²) in [5.74, 6) is 0. The average Bonchev–Trinajstić information content (AvgIpc) is 0. The van der Waals surface area contributed by atoms with Gasteiger partial charge in [-0.25, -0.2) is 0 Å². The molecule has 0 spiro atoms. The summed E-state index contributed by atoms with van der Waals surface area (Å²) in [5, 5.41) is 0. The first kappa shape index (κ1) is 58.0. The third-order valence-corrected chi connectivity index (χ3v) is 0. The van der Waals surface area contributed by atoms with Gasteiger partial charge < -0.3 is 2.85 Å². The molecule has 0 unspecified atom stereocenters. The van der Waals surface area contributed by atoms with Gasteiger partial charge in [0.15, 0.2) is 0 Å². The number of halogens is 4. The minimum absolute atomic E-state index is 0. The van der Waals surface area contributed by atoms with Gasteiger partial charge in [-0.05, 0) is 0 Å². The standard InChI is InChI=1S/4ClH.Sr.Ti.2H/h4*1H;;;;/q;;;;+2;;2*-1. The molecule has 0 aliphatic carbocycles. The van der Waals surface area contributed by atoms with Crippen molar-refractivity contribution < 1.29 is 24.6 Å². The minimum Gasteiger partial charge on any atom is -1.00 e. The first-order chi connectivity index (χ1) is 0. The van der Waals surface area contributed by atoms with Crippen molar-refractivity contribution in [1.82, 2.24) is 0 Å². The summed E-state index contributed by atoms with van der Waals surface area (Å²) in [5.41, 5.74) is 0. The number of hydrogen-bond acceptors (Lipinski definition) is 0. The second-order valence-electron chi connectivity index (χ2n) is 0. The Morgan fingerprint density at radius 1 is 0.667 bits per heavy atom. The summed E-state index contributed by atoms with van der Waals surface area (Å²) in [4.78, 5) is 0. The van der Waals surface area contributed by atoms with Crippen molar-refractivity contribution in [2.24, 2.45) is 0 Å². The zero-order chi connectivity index (χ0) is 0. The van der Waals surface area contributed by atoms with Crippen LogP contribution in [-0.2, 0) is 21.7 Å². The van der Waals surface area contributed by atoms with Gasteiger partial charge in [-0.2, -0.15) is 0 Å². The molecule has 0 radical (unpaired) electrons. The summed E-state index contributed by atoms with van der Waals surface area (Å²) in [6, 6.07) is 0. The minimum atomic E-state index is 0. The molecule has 6 heavy (non-hydrogen) atoms. The van der Waals surface area contributed by atoms with Crippen molar-refractivity contribution in [3.8, 4) is 0 Å². The Labute approximate surface area is 117 Å². The van der Waals surface area contributed by atoms with Crippen LogP contribution >= 0.6 is 49.6 Å². The Morgan fingerprint density at radius 2 is 0.667 bits per heavy atom. The monoisotopic (exact) mass is 282 g/mol. The van der Waals surface area contributed by atoms with E-state index in [0.717, 1.165) is 0 Å². The molecule has 0 aliphatic rings. The van der Waals surface area contributed by atoms with Gasteiger partial charge in [0.25, 0.3) is 0 Å². The van der Waals surface area contributed by atoms with Gasteiger partial charge in [0.2, 0.25) is 0 Å². The summed E-state index contributed by atoms with van der Waals surface area (Å²) < 4.78 is 0. The van der Waals surface area contributed by atoms with Gasteiger partial charge in [-0.15, -0.1) is 49.6 Å². The van der Waals surface area contributed by atoms with Gasteiger partial charge in [0, 0.05) is 21.7 Å². The maximum Gasteiger partial charge on any atom is 2.00 e. The summed E-state index contributed by atoms with van der Waals surface area (Å²) in [6.07, 6.45) is 0. The Balaban J connectivity index is 0. The third kappa shape index (κ3) is 26.4. The van der Waals surface area contributed by atoms with E-state index < -0.39 is 0 Å². The van der Waals surface area contributed by atoms with Crippen LogP contribution in [-0.4, -0.2) is 45.5 Å². The molecule has 0 heterocycles. The summed E-state index contributed by atoms with van der Waals surface area (Å²) in [6.45, 7) is 0. The third-order valence-electron chi connectivity index (χ3n) is 0. The predicted octanol–water partition coefficient (Wildman–Crippen LogP) is 1.53. The van der Waals surface area contributed by atoms with Gasteiger partial charge in [-0.1, -0.05) is 0 Å². The Hall–Kier alpha value is 3.35. The fraction of sp³-hybridized carbons (Fsp3) is 0. The average molecular weight is 283 g/mol. The molecule has 0 aliphatic heterocycles. The van der Waals surface area contributed by atoms with Gasteiger partial charge in [0.05, 0.1) is 0 Å². The van der Waals surface area contributed by atoms with Crippen molar-refractivity contribution in [3.05, 3.63) is 0 Å². The molecule has 0 fully saturated rings. The van der Waals surface area contributed by atoms with Crippen LogP contribution in [0.4, 0.5) is 0 Å². The molecule has 6 heteroatoms. The van der Waals surface area contributed by atoms with Crippen molar-refractivity contribution >= 4 is 95.1 Å². The molecule has 0 atom stereocenters. The summed E-state index contributed by atoms with van der Waals surface area (Å²) in [7, 11) is 0. The molecule has 0 aromatic carbocycles. The molecule has 0 saturated heterocycles. The molecule has 0 nitrogen and oxygen atoms in total. The number of rotatable bonds is 0. The quantitative estimate of drug-likeness (QED) is 0.592. The predicted molar refractivity (Wildman–Crippen MR) is 37.0 cm³/mol. The van der Waals surface area contributed by atoms with E-state index in [1.807, 2.05) is 0 Å². The SMILES string of the molecule is Cl.Cl.Cl.Cl.[H-].[H-].[Sr+2].[Ti]. The Morgan fingerprint density at radius 3 is 0.667 bits per heavy atom. The van der Waals surface area contributed by atoms with Crippen LogP contribution in [0.3, 0.4) is 0 Å². The Kier molecular flexibility index (Phi) is 388. The van der Waals surface area contributed by atoms with E-state index in [0.29, 0.717) is 0 Å². The van der Waals surface area contributed by atoms with E-state index in [1.54, 1.807) is 0 Å². The van der Waals surface area contributed by atoms with Gasteiger partial charge in [0.1, 0.15) is 0 Å². The first-order valence-corrected chi connectivity index (χ1v) is 0. The normalized spacial score (nSPS) is 0. The molecule has 0 N–H and O–H groups in total. The van der Waals surface area contributed by atoms with Crippen LogP contribution in [0.15, 0.2) is 0 Å². The molecular formula is H6Cl4SrTi. The summed E-state index contributed by atoms with van der Waals surface area (Å²) >= 11 is 0. The van der Waals surface area contributed by atoms with E-state index in [2.05, 4.69) is 0 Å².